The molecule has 0 amide bonds. The Morgan fingerprint density at radius 1 is 1.73 bits per heavy atom. The molecule has 0 aromatic carbocycles. The first kappa shape index (κ1) is 7.80. The first-order valence-electron chi connectivity index (χ1n) is 3.70. The first-order chi connectivity index (χ1) is 5.29. The van der Waals surface area contributed by atoms with E-state index >= 15 is 0 Å². The van der Waals surface area contributed by atoms with E-state index in [4.69, 9.17) is 5.26 Å². The van der Waals surface area contributed by atoms with Crippen LogP contribution in [0.2, 0.25) is 0 Å². The third-order valence-corrected chi connectivity index (χ3v) is 1.67. The summed E-state index contributed by atoms with van der Waals surface area (Å²) in [6.45, 7) is 2.10. The third-order valence-electron chi connectivity index (χ3n) is 1.67. The lowest BCUT2D eigenvalue weighted by atomic mass is 10.3. The van der Waals surface area contributed by atoms with Gasteiger partial charge in [-0.15, -0.1) is 0 Å². The van der Waals surface area contributed by atoms with E-state index in [2.05, 4.69) is 18.0 Å². The lowest BCUT2D eigenvalue weighted by Gasteiger charge is -1.98. The quantitative estimate of drug-likeness (QED) is 0.635. The zero-order valence-corrected chi connectivity index (χ0v) is 6.83. The van der Waals surface area contributed by atoms with Crippen LogP contribution in [0, 0.1) is 11.3 Å². The van der Waals surface area contributed by atoms with Crippen LogP contribution < -0.4 is 0 Å². The second-order valence-electron chi connectivity index (χ2n) is 2.48. The van der Waals surface area contributed by atoms with Gasteiger partial charge in [0.15, 0.2) is 0 Å². The molecule has 1 aromatic heterocycles. The summed E-state index contributed by atoms with van der Waals surface area (Å²) >= 11 is 0. The van der Waals surface area contributed by atoms with E-state index in [1.54, 1.807) is 6.20 Å². The largest absolute Gasteiger partial charge is 0.323 e. The van der Waals surface area contributed by atoms with Gasteiger partial charge in [0.05, 0.1) is 6.20 Å². The van der Waals surface area contributed by atoms with Gasteiger partial charge in [0, 0.05) is 13.5 Å². The lowest BCUT2D eigenvalue weighted by Crippen LogP contribution is -1.98. The summed E-state index contributed by atoms with van der Waals surface area (Å²) in [6.07, 6.45) is 3.62. The van der Waals surface area contributed by atoms with Gasteiger partial charge < -0.3 is 4.57 Å². The molecule has 58 valence electrons. The highest BCUT2D eigenvalue weighted by atomic mass is 15.1. The minimum atomic E-state index is 0.633. The van der Waals surface area contributed by atoms with Crippen molar-refractivity contribution >= 4 is 0 Å². The number of imidazole rings is 1. The van der Waals surface area contributed by atoms with Crippen molar-refractivity contribution < 1.29 is 0 Å². The number of hydrogen-bond acceptors (Lipinski definition) is 2. The van der Waals surface area contributed by atoms with Crippen LogP contribution in [0.4, 0.5) is 0 Å². The van der Waals surface area contributed by atoms with Crippen molar-refractivity contribution in [2.75, 3.05) is 0 Å². The van der Waals surface area contributed by atoms with Gasteiger partial charge in [-0.1, -0.05) is 6.92 Å². The molecule has 1 heterocycles. The molecular formula is C8H11N3. The van der Waals surface area contributed by atoms with Gasteiger partial charge >= 0.3 is 0 Å². The summed E-state index contributed by atoms with van der Waals surface area (Å²) in [5.41, 5.74) is 0.633. The van der Waals surface area contributed by atoms with E-state index in [9.17, 15) is 0 Å². The van der Waals surface area contributed by atoms with Crippen molar-refractivity contribution in [3.8, 4) is 6.07 Å². The molecule has 1 aromatic rings. The summed E-state index contributed by atoms with van der Waals surface area (Å²) in [5, 5.41) is 8.59. The van der Waals surface area contributed by atoms with Crippen LogP contribution in [0.3, 0.4) is 0 Å². The standard InChI is InChI=1S/C8H11N3/c1-3-4-8-10-6-7(5-9)11(8)2/h6H,3-4H2,1-2H3. The Morgan fingerprint density at radius 3 is 2.91 bits per heavy atom. The Labute approximate surface area is 66.3 Å². The van der Waals surface area contributed by atoms with Crippen LogP contribution in [0.15, 0.2) is 6.20 Å². The summed E-state index contributed by atoms with van der Waals surface area (Å²) in [5.74, 6) is 0.990. The predicted octanol–water partition coefficient (Wildman–Crippen LogP) is 1.24. The zero-order valence-electron chi connectivity index (χ0n) is 6.83. The highest BCUT2D eigenvalue weighted by Gasteiger charge is 2.02. The van der Waals surface area contributed by atoms with Gasteiger partial charge in [-0.2, -0.15) is 5.26 Å². The highest BCUT2D eigenvalue weighted by Crippen LogP contribution is 2.03. The molecule has 11 heavy (non-hydrogen) atoms. The fourth-order valence-corrected chi connectivity index (χ4v) is 1.01. The van der Waals surface area contributed by atoms with Crippen molar-refractivity contribution in [2.24, 2.45) is 7.05 Å². The first-order valence-corrected chi connectivity index (χ1v) is 3.70. The molecule has 1 rings (SSSR count). The SMILES string of the molecule is CCCc1ncc(C#N)n1C. The lowest BCUT2D eigenvalue weighted by molar-refractivity contribution is 0.753. The van der Waals surface area contributed by atoms with Gasteiger partial charge in [0.1, 0.15) is 17.6 Å². The molecule has 0 aliphatic heterocycles. The monoisotopic (exact) mass is 149 g/mol. The molecular weight excluding hydrogens is 138 g/mol. The van der Waals surface area contributed by atoms with Crippen LogP contribution >= 0.6 is 0 Å². The Balaban J connectivity index is 2.93. The number of aromatic nitrogens is 2. The average molecular weight is 149 g/mol. The van der Waals surface area contributed by atoms with Crippen LogP contribution in [-0.4, -0.2) is 9.55 Å². The molecule has 0 saturated heterocycles. The summed E-state index contributed by atoms with van der Waals surface area (Å²) < 4.78 is 1.84. The fraction of sp³-hybridized carbons (Fsp3) is 0.500. The van der Waals surface area contributed by atoms with E-state index in [1.807, 2.05) is 11.6 Å². The van der Waals surface area contributed by atoms with Gasteiger partial charge in [0.25, 0.3) is 0 Å². The fourth-order valence-electron chi connectivity index (χ4n) is 1.01. The van der Waals surface area contributed by atoms with Crippen molar-refractivity contribution in [1.82, 2.24) is 9.55 Å². The number of hydrogen-bond donors (Lipinski definition) is 0. The van der Waals surface area contributed by atoms with Crippen LogP contribution in [0.1, 0.15) is 24.9 Å². The maximum Gasteiger partial charge on any atom is 0.139 e. The molecule has 0 aliphatic rings. The van der Waals surface area contributed by atoms with Crippen LogP contribution in [0.25, 0.3) is 0 Å². The van der Waals surface area contributed by atoms with Gasteiger partial charge in [0.2, 0.25) is 0 Å². The molecule has 3 heteroatoms. The Morgan fingerprint density at radius 2 is 2.45 bits per heavy atom. The predicted molar refractivity (Wildman–Crippen MR) is 41.9 cm³/mol. The minimum Gasteiger partial charge on any atom is -0.323 e. The molecule has 0 atom stereocenters. The second-order valence-corrected chi connectivity index (χ2v) is 2.48. The minimum absolute atomic E-state index is 0.633. The third kappa shape index (κ3) is 1.40. The topological polar surface area (TPSA) is 41.6 Å². The molecule has 3 nitrogen and oxygen atoms in total. The Bertz CT molecular complexity index is 280. The van der Waals surface area contributed by atoms with Crippen molar-refractivity contribution in [1.29, 1.82) is 5.26 Å². The zero-order chi connectivity index (χ0) is 8.27. The molecule has 0 N–H and O–H groups in total. The van der Waals surface area contributed by atoms with Gasteiger partial charge in [-0.25, -0.2) is 4.98 Å². The normalized spacial score (nSPS) is 9.55. The average Bonchev–Trinajstić information content (AvgIpc) is 2.34. The second kappa shape index (κ2) is 3.20. The summed E-state index contributed by atoms with van der Waals surface area (Å²) in [7, 11) is 1.87. The van der Waals surface area contributed by atoms with Crippen molar-refractivity contribution in [3.63, 3.8) is 0 Å². The van der Waals surface area contributed by atoms with Gasteiger partial charge in [-0.05, 0) is 6.42 Å². The Hall–Kier alpha value is -1.30. The van der Waals surface area contributed by atoms with Crippen LogP contribution in [0.5, 0.6) is 0 Å². The number of nitrogens with zero attached hydrogens (tertiary/aromatic N) is 3. The van der Waals surface area contributed by atoms with E-state index in [0.717, 1.165) is 18.7 Å². The van der Waals surface area contributed by atoms with Gasteiger partial charge in [-0.3, -0.25) is 0 Å². The van der Waals surface area contributed by atoms with Crippen LogP contribution in [-0.2, 0) is 13.5 Å². The van der Waals surface area contributed by atoms with Crippen molar-refractivity contribution in [3.05, 3.63) is 17.7 Å². The Kier molecular flexibility index (Phi) is 2.27. The molecule has 0 aliphatic carbocycles. The van der Waals surface area contributed by atoms with Crippen molar-refractivity contribution in [2.45, 2.75) is 19.8 Å². The van der Waals surface area contributed by atoms with E-state index < -0.39 is 0 Å². The molecule has 0 fully saturated rings. The number of aryl methyl sites for hydroxylation is 1. The number of nitriles is 1. The summed E-state index contributed by atoms with van der Waals surface area (Å²) in [4.78, 5) is 4.12. The summed E-state index contributed by atoms with van der Waals surface area (Å²) in [6, 6.07) is 2.07. The van der Waals surface area contributed by atoms with E-state index in [1.165, 1.54) is 0 Å². The maximum absolute atomic E-state index is 8.59. The molecule has 0 spiro atoms. The smallest absolute Gasteiger partial charge is 0.139 e. The molecule has 0 unspecified atom stereocenters. The van der Waals surface area contributed by atoms with E-state index in [0.29, 0.717) is 5.69 Å². The number of rotatable bonds is 2. The highest BCUT2D eigenvalue weighted by molar-refractivity contribution is 5.19. The maximum atomic E-state index is 8.59. The molecule has 0 radical (unpaired) electrons. The molecule has 0 saturated carbocycles. The van der Waals surface area contributed by atoms with E-state index in [-0.39, 0.29) is 0 Å². The molecule has 0 bridgehead atoms.